The summed E-state index contributed by atoms with van der Waals surface area (Å²) in [4.78, 5) is 52.9. The second-order valence-corrected chi connectivity index (χ2v) is 9.75. The highest BCUT2D eigenvalue weighted by molar-refractivity contribution is 7.98. The molecule has 2 aromatic rings. The molecule has 0 saturated heterocycles. The molecule has 35 heavy (non-hydrogen) atoms. The van der Waals surface area contributed by atoms with Gasteiger partial charge >= 0.3 is 5.97 Å². The number of aliphatic carboxylic acids is 1. The number of fused-ring (bicyclic) bond motifs is 1. The van der Waals surface area contributed by atoms with Crippen molar-refractivity contribution in [2.75, 3.05) is 18.6 Å². The first-order valence-electron chi connectivity index (χ1n) is 11.5. The van der Waals surface area contributed by atoms with Crippen LogP contribution in [0.15, 0.2) is 30.5 Å². The van der Waals surface area contributed by atoms with Gasteiger partial charge < -0.3 is 31.8 Å². The molecule has 0 saturated carbocycles. The van der Waals surface area contributed by atoms with Crippen molar-refractivity contribution < 1.29 is 24.3 Å². The molecule has 3 atom stereocenters. The number of carboxylic acid groups (broad SMARTS) is 1. The van der Waals surface area contributed by atoms with Gasteiger partial charge in [-0.2, -0.15) is 11.8 Å². The molecular formula is C24H35N5O5S. The first-order valence-corrected chi connectivity index (χ1v) is 12.9. The molecule has 7 N–H and O–H groups in total. The van der Waals surface area contributed by atoms with Gasteiger partial charge in [-0.1, -0.05) is 32.0 Å². The molecule has 3 unspecified atom stereocenters. The number of aromatic nitrogens is 1. The monoisotopic (exact) mass is 505 g/mol. The number of carbonyl (C=O) groups is 4. The second-order valence-electron chi connectivity index (χ2n) is 8.76. The van der Waals surface area contributed by atoms with Crippen LogP contribution in [0.3, 0.4) is 0 Å². The van der Waals surface area contributed by atoms with E-state index in [0.29, 0.717) is 18.6 Å². The van der Waals surface area contributed by atoms with Crippen LogP contribution in [0, 0.1) is 5.92 Å². The van der Waals surface area contributed by atoms with Crippen LogP contribution < -0.4 is 21.7 Å². The third kappa shape index (κ3) is 8.59. The largest absolute Gasteiger partial charge is 0.480 e. The molecule has 1 heterocycles. The van der Waals surface area contributed by atoms with Crippen molar-refractivity contribution in [3.63, 3.8) is 0 Å². The Morgan fingerprint density at radius 1 is 1.03 bits per heavy atom. The van der Waals surface area contributed by atoms with Crippen LogP contribution >= 0.6 is 11.8 Å². The van der Waals surface area contributed by atoms with Crippen molar-refractivity contribution in [2.24, 2.45) is 11.7 Å². The summed E-state index contributed by atoms with van der Waals surface area (Å²) in [7, 11) is 0. The number of para-hydroxylation sites is 1. The van der Waals surface area contributed by atoms with Gasteiger partial charge in [0.15, 0.2) is 0 Å². The minimum atomic E-state index is -1.18. The number of H-pyrrole nitrogens is 1. The first kappa shape index (κ1) is 28.2. The Bertz CT molecular complexity index is 1020. The van der Waals surface area contributed by atoms with Crippen LogP contribution in [0.25, 0.3) is 10.9 Å². The standard InChI is InChI=1S/C24H35N5O5S/c1-14(2)10-19(27-21(30)12-25)23(32)28-18(8-9-35-3)22(31)29-20(24(33)34)11-15-13-26-17-7-5-4-6-16(15)17/h4-7,13-14,18-20,26H,8-12,25H2,1-3H3,(H,27,30)(H,28,32)(H,29,31)(H,33,34). The van der Waals surface area contributed by atoms with Gasteiger partial charge in [0, 0.05) is 23.5 Å². The lowest BCUT2D eigenvalue weighted by atomic mass is 10.0. The molecule has 0 aliphatic heterocycles. The summed E-state index contributed by atoms with van der Waals surface area (Å²) in [5.41, 5.74) is 7.01. The van der Waals surface area contributed by atoms with Crippen LogP contribution in [0.2, 0.25) is 0 Å². The van der Waals surface area contributed by atoms with Crippen LogP contribution in [-0.4, -0.2) is 70.5 Å². The van der Waals surface area contributed by atoms with Crippen molar-refractivity contribution in [1.82, 2.24) is 20.9 Å². The number of nitrogens with two attached hydrogens (primary N) is 1. The summed E-state index contributed by atoms with van der Waals surface area (Å²) in [5.74, 6) is -2.07. The minimum absolute atomic E-state index is 0.0802. The number of aromatic amines is 1. The van der Waals surface area contributed by atoms with Gasteiger partial charge in [0.05, 0.1) is 6.54 Å². The van der Waals surface area contributed by atoms with E-state index in [1.807, 2.05) is 44.4 Å². The average Bonchev–Trinajstić information content (AvgIpc) is 3.22. The van der Waals surface area contributed by atoms with Crippen molar-refractivity contribution >= 4 is 46.4 Å². The van der Waals surface area contributed by atoms with Gasteiger partial charge in [-0.05, 0) is 42.4 Å². The van der Waals surface area contributed by atoms with Crippen LogP contribution in [0.1, 0.15) is 32.3 Å². The van der Waals surface area contributed by atoms with Gasteiger partial charge in [-0.25, -0.2) is 4.79 Å². The Morgan fingerprint density at radius 2 is 1.69 bits per heavy atom. The molecule has 1 aromatic heterocycles. The van der Waals surface area contributed by atoms with Crippen LogP contribution in [0.5, 0.6) is 0 Å². The van der Waals surface area contributed by atoms with E-state index in [1.54, 1.807) is 6.20 Å². The summed E-state index contributed by atoms with van der Waals surface area (Å²) < 4.78 is 0. The number of hydrogen-bond donors (Lipinski definition) is 6. The number of carboxylic acids is 1. The average molecular weight is 506 g/mol. The summed E-state index contributed by atoms with van der Waals surface area (Å²) in [6.07, 6.45) is 4.36. The lowest BCUT2D eigenvalue weighted by Gasteiger charge is -2.25. The molecule has 0 bridgehead atoms. The van der Waals surface area contributed by atoms with Crippen molar-refractivity contribution in [3.8, 4) is 0 Å². The van der Waals surface area contributed by atoms with E-state index in [4.69, 9.17) is 5.73 Å². The van der Waals surface area contributed by atoms with E-state index in [9.17, 15) is 24.3 Å². The van der Waals surface area contributed by atoms with Gasteiger partial charge in [-0.3, -0.25) is 14.4 Å². The summed E-state index contributed by atoms with van der Waals surface area (Å²) in [6, 6.07) is 4.52. The highest BCUT2D eigenvalue weighted by Gasteiger charge is 2.30. The number of carbonyl (C=O) groups excluding carboxylic acids is 3. The Labute approximate surface area is 209 Å². The molecule has 1 aromatic carbocycles. The van der Waals surface area contributed by atoms with E-state index in [1.165, 1.54) is 11.8 Å². The maximum Gasteiger partial charge on any atom is 0.326 e. The van der Waals surface area contributed by atoms with Gasteiger partial charge in [0.25, 0.3) is 0 Å². The summed E-state index contributed by atoms with van der Waals surface area (Å²) >= 11 is 1.50. The zero-order chi connectivity index (χ0) is 26.0. The van der Waals surface area contributed by atoms with Gasteiger partial charge in [0.2, 0.25) is 17.7 Å². The zero-order valence-electron chi connectivity index (χ0n) is 20.3. The predicted molar refractivity (Wildman–Crippen MR) is 137 cm³/mol. The highest BCUT2D eigenvalue weighted by atomic mass is 32.2. The van der Waals surface area contributed by atoms with Gasteiger partial charge in [0.1, 0.15) is 18.1 Å². The first-order chi connectivity index (χ1) is 16.7. The van der Waals surface area contributed by atoms with Gasteiger partial charge in [-0.15, -0.1) is 0 Å². The van der Waals surface area contributed by atoms with E-state index in [0.717, 1.165) is 16.5 Å². The topological polar surface area (TPSA) is 166 Å². The van der Waals surface area contributed by atoms with E-state index in [-0.39, 0.29) is 18.9 Å². The van der Waals surface area contributed by atoms with Crippen LogP contribution in [-0.2, 0) is 25.6 Å². The number of thioether (sulfide) groups is 1. The molecule has 0 aliphatic rings. The fourth-order valence-corrected chi connectivity index (χ4v) is 4.20. The lowest BCUT2D eigenvalue weighted by Crippen LogP contribution is -2.56. The number of amides is 3. The number of benzene rings is 1. The molecule has 11 heteroatoms. The van der Waals surface area contributed by atoms with Crippen LogP contribution in [0.4, 0.5) is 0 Å². The maximum atomic E-state index is 13.1. The molecule has 2 rings (SSSR count). The molecule has 0 radical (unpaired) electrons. The normalized spacial score (nSPS) is 13.7. The number of hydrogen-bond acceptors (Lipinski definition) is 6. The molecule has 192 valence electrons. The van der Waals surface area contributed by atoms with Crippen molar-refractivity contribution in [2.45, 2.75) is 51.2 Å². The summed E-state index contributed by atoms with van der Waals surface area (Å²) in [5, 5.41) is 18.5. The molecule has 0 fully saturated rings. The number of rotatable bonds is 14. The van der Waals surface area contributed by atoms with E-state index < -0.39 is 41.8 Å². The Hall–Kier alpha value is -3.05. The second kappa shape index (κ2) is 13.7. The van der Waals surface area contributed by atoms with Crippen molar-refractivity contribution in [3.05, 3.63) is 36.0 Å². The minimum Gasteiger partial charge on any atom is -0.480 e. The Morgan fingerprint density at radius 3 is 2.31 bits per heavy atom. The molecule has 10 nitrogen and oxygen atoms in total. The molecule has 0 aliphatic carbocycles. The van der Waals surface area contributed by atoms with E-state index in [2.05, 4.69) is 20.9 Å². The van der Waals surface area contributed by atoms with Crippen molar-refractivity contribution in [1.29, 1.82) is 0 Å². The molecular weight excluding hydrogens is 470 g/mol. The Kier molecular flexibility index (Phi) is 11.1. The maximum absolute atomic E-state index is 13.1. The third-order valence-corrected chi connectivity index (χ3v) is 6.15. The quantitative estimate of drug-likeness (QED) is 0.223. The third-order valence-electron chi connectivity index (χ3n) is 5.50. The predicted octanol–water partition coefficient (Wildman–Crippen LogP) is 1.01. The smallest absolute Gasteiger partial charge is 0.326 e. The molecule has 3 amide bonds. The number of nitrogens with one attached hydrogen (secondary N) is 4. The SMILES string of the molecule is CSCCC(NC(=O)C(CC(C)C)NC(=O)CN)C(=O)NC(Cc1c[nH]c2ccccc12)C(=O)O. The Balaban J connectivity index is 2.15. The fraction of sp³-hybridized carbons (Fsp3) is 0.500. The summed E-state index contributed by atoms with van der Waals surface area (Å²) in [6.45, 7) is 3.57. The highest BCUT2D eigenvalue weighted by Crippen LogP contribution is 2.19. The lowest BCUT2D eigenvalue weighted by molar-refractivity contribution is -0.142. The van der Waals surface area contributed by atoms with E-state index >= 15 is 0 Å². The zero-order valence-corrected chi connectivity index (χ0v) is 21.1. The fourth-order valence-electron chi connectivity index (χ4n) is 3.73. The molecule has 0 spiro atoms.